The maximum absolute atomic E-state index is 12.3. The Labute approximate surface area is 131 Å². The zero-order valence-electron chi connectivity index (χ0n) is 13.2. The van der Waals surface area contributed by atoms with Crippen molar-refractivity contribution in [2.75, 3.05) is 13.2 Å². The molecular formula is C17H24N2O3. The Morgan fingerprint density at radius 1 is 1.36 bits per heavy atom. The lowest BCUT2D eigenvalue weighted by molar-refractivity contribution is -0.129. The molecule has 1 aliphatic heterocycles. The average Bonchev–Trinajstić information content (AvgIpc) is 2.86. The number of likely N-dealkylation sites (tertiary alicyclic amines) is 1. The molecule has 120 valence electrons. The number of nitrogens with zero attached hydrogens (tertiary/aromatic N) is 1. The van der Waals surface area contributed by atoms with E-state index in [9.17, 15) is 14.7 Å². The van der Waals surface area contributed by atoms with Crippen molar-refractivity contribution in [1.82, 2.24) is 10.2 Å². The highest BCUT2D eigenvalue weighted by molar-refractivity contribution is 5.89. The minimum absolute atomic E-state index is 0.00842. The van der Waals surface area contributed by atoms with E-state index in [0.29, 0.717) is 13.1 Å². The van der Waals surface area contributed by atoms with Crippen LogP contribution in [0.3, 0.4) is 0 Å². The van der Waals surface area contributed by atoms with E-state index in [2.05, 4.69) is 5.32 Å². The molecule has 22 heavy (non-hydrogen) atoms. The van der Waals surface area contributed by atoms with Crippen LogP contribution in [0.4, 0.5) is 0 Å². The lowest BCUT2D eigenvalue weighted by Crippen LogP contribution is -2.44. The highest BCUT2D eigenvalue weighted by Gasteiger charge is 2.35. The van der Waals surface area contributed by atoms with E-state index in [0.717, 1.165) is 5.56 Å². The first kappa shape index (κ1) is 16.5. The van der Waals surface area contributed by atoms with Gasteiger partial charge in [-0.1, -0.05) is 44.2 Å². The van der Waals surface area contributed by atoms with Gasteiger partial charge in [0.25, 0.3) is 0 Å². The van der Waals surface area contributed by atoms with Gasteiger partial charge >= 0.3 is 0 Å². The van der Waals surface area contributed by atoms with Crippen molar-refractivity contribution < 1.29 is 14.7 Å². The van der Waals surface area contributed by atoms with Crippen LogP contribution in [0.1, 0.15) is 25.8 Å². The summed E-state index contributed by atoms with van der Waals surface area (Å²) in [7, 11) is 0. The SMILES string of the molecule is CC(C)[C@@H](CO)NC(=O)[C@H]1CC(=O)N(Cc2ccccc2)C1. The summed E-state index contributed by atoms with van der Waals surface area (Å²) in [6.45, 7) is 4.79. The zero-order valence-corrected chi connectivity index (χ0v) is 13.2. The van der Waals surface area contributed by atoms with Crippen molar-refractivity contribution in [3.63, 3.8) is 0 Å². The van der Waals surface area contributed by atoms with Gasteiger partial charge in [0.2, 0.25) is 11.8 Å². The highest BCUT2D eigenvalue weighted by atomic mass is 16.3. The van der Waals surface area contributed by atoms with Crippen LogP contribution in [-0.2, 0) is 16.1 Å². The topological polar surface area (TPSA) is 69.6 Å². The van der Waals surface area contributed by atoms with Crippen molar-refractivity contribution in [3.8, 4) is 0 Å². The molecule has 1 aliphatic rings. The van der Waals surface area contributed by atoms with Gasteiger partial charge in [0.1, 0.15) is 0 Å². The molecule has 2 N–H and O–H groups in total. The third-order valence-corrected chi connectivity index (χ3v) is 4.13. The molecule has 0 bridgehead atoms. The van der Waals surface area contributed by atoms with E-state index in [-0.39, 0.29) is 42.7 Å². The third-order valence-electron chi connectivity index (χ3n) is 4.13. The van der Waals surface area contributed by atoms with E-state index in [1.807, 2.05) is 44.2 Å². The van der Waals surface area contributed by atoms with E-state index in [1.54, 1.807) is 4.90 Å². The van der Waals surface area contributed by atoms with Crippen molar-refractivity contribution in [2.45, 2.75) is 32.9 Å². The van der Waals surface area contributed by atoms with E-state index < -0.39 is 0 Å². The van der Waals surface area contributed by atoms with Gasteiger partial charge in [0.05, 0.1) is 18.6 Å². The smallest absolute Gasteiger partial charge is 0.225 e. The highest BCUT2D eigenvalue weighted by Crippen LogP contribution is 2.20. The van der Waals surface area contributed by atoms with Crippen LogP contribution >= 0.6 is 0 Å². The second kappa shape index (κ2) is 7.40. The van der Waals surface area contributed by atoms with Gasteiger partial charge in [-0.3, -0.25) is 9.59 Å². The summed E-state index contributed by atoms with van der Waals surface area (Å²) < 4.78 is 0. The number of hydrogen-bond donors (Lipinski definition) is 2. The summed E-state index contributed by atoms with van der Waals surface area (Å²) in [5, 5.41) is 12.1. The van der Waals surface area contributed by atoms with E-state index in [4.69, 9.17) is 0 Å². The summed E-state index contributed by atoms with van der Waals surface area (Å²) in [6.07, 6.45) is 0.245. The third kappa shape index (κ3) is 4.07. The minimum Gasteiger partial charge on any atom is -0.394 e. The van der Waals surface area contributed by atoms with Crippen LogP contribution in [0, 0.1) is 11.8 Å². The first-order valence-electron chi connectivity index (χ1n) is 7.74. The molecule has 2 rings (SSSR count). The Hall–Kier alpha value is -1.88. The van der Waals surface area contributed by atoms with Gasteiger partial charge in [-0.05, 0) is 11.5 Å². The van der Waals surface area contributed by atoms with Crippen molar-refractivity contribution >= 4 is 11.8 Å². The summed E-state index contributed by atoms with van der Waals surface area (Å²) >= 11 is 0. The van der Waals surface area contributed by atoms with Gasteiger partial charge in [-0.15, -0.1) is 0 Å². The van der Waals surface area contributed by atoms with Crippen molar-refractivity contribution in [1.29, 1.82) is 0 Å². The second-order valence-electron chi connectivity index (χ2n) is 6.20. The Bertz CT molecular complexity index is 516. The molecular weight excluding hydrogens is 280 g/mol. The molecule has 0 aliphatic carbocycles. The van der Waals surface area contributed by atoms with Gasteiger partial charge in [0.15, 0.2) is 0 Å². The Morgan fingerprint density at radius 3 is 2.64 bits per heavy atom. The number of nitrogens with one attached hydrogen (secondary N) is 1. The molecule has 5 heteroatoms. The Morgan fingerprint density at radius 2 is 2.05 bits per heavy atom. The van der Waals surface area contributed by atoms with Gasteiger partial charge in [-0.2, -0.15) is 0 Å². The molecule has 0 spiro atoms. The molecule has 2 amide bonds. The summed E-state index contributed by atoms with van der Waals surface area (Å²) in [5.41, 5.74) is 1.06. The fraction of sp³-hybridized carbons (Fsp3) is 0.529. The average molecular weight is 304 g/mol. The van der Waals surface area contributed by atoms with Crippen LogP contribution in [0.25, 0.3) is 0 Å². The Balaban J connectivity index is 1.92. The standard InChI is InChI=1S/C17H24N2O3/c1-12(2)15(11-20)18-17(22)14-8-16(21)19(10-14)9-13-6-4-3-5-7-13/h3-7,12,14-15,20H,8-11H2,1-2H3,(H,18,22)/t14-,15+/m0/s1. The summed E-state index contributed by atoms with van der Waals surface area (Å²) in [4.78, 5) is 26.1. The number of carbonyl (C=O) groups is 2. The summed E-state index contributed by atoms with van der Waals surface area (Å²) in [5.74, 6) is -0.304. The van der Waals surface area contributed by atoms with Crippen LogP contribution < -0.4 is 5.32 Å². The van der Waals surface area contributed by atoms with Crippen molar-refractivity contribution in [3.05, 3.63) is 35.9 Å². The molecule has 0 radical (unpaired) electrons. The number of aliphatic hydroxyl groups excluding tert-OH is 1. The zero-order chi connectivity index (χ0) is 16.1. The molecule has 1 fully saturated rings. The fourth-order valence-electron chi connectivity index (χ4n) is 2.63. The second-order valence-corrected chi connectivity index (χ2v) is 6.20. The number of aliphatic hydroxyl groups is 1. The maximum atomic E-state index is 12.3. The molecule has 1 heterocycles. The first-order valence-corrected chi connectivity index (χ1v) is 7.74. The molecule has 1 aromatic carbocycles. The number of hydrogen-bond acceptors (Lipinski definition) is 3. The summed E-state index contributed by atoms with van der Waals surface area (Å²) in [6, 6.07) is 9.50. The van der Waals surface area contributed by atoms with Gasteiger partial charge in [0, 0.05) is 19.5 Å². The quantitative estimate of drug-likeness (QED) is 0.829. The molecule has 0 saturated carbocycles. The predicted molar refractivity (Wildman–Crippen MR) is 83.8 cm³/mol. The lowest BCUT2D eigenvalue weighted by atomic mass is 10.0. The van der Waals surface area contributed by atoms with Crippen LogP contribution in [0.5, 0.6) is 0 Å². The molecule has 0 unspecified atom stereocenters. The fourth-order valence-corrected chi connectivity index (χ4v) is 2.63. The molecule has 5 nitrogen and oxygen atoms in total. The monoisotopic (exact) mass is 304 g/mol. The molecule has 1 aromatic rings. The molecule has 0 aromatic heterocycles. The molecule has 2 atom stereocenters. The number of carbonyl (C=O) groups excluding carboxylic acids is 2. The Kier molecular flexibility index (Phi) is 5.55. The first-order chi connectivity index (χ1) is 10.5. The number of benzene rings is 1. The van der Waals surface area contributed by atoms with Crippen LogP contribution in [0.2, 0.25) is 0 Å². The van der Waals surface area contributed by atoms with E-state index in [1.165, 1.54) is 0 Å². The van der Waals surface area contributed by atoms with Crippen LogP contribution in [0.15, 0.2) is 30.3 Å². The van der Waals surface area contributed by atoms with Crippen LogP contribution in [-0.4, -0.2) is 41.0 Å². The van der Waals surface area contributed by atoms with Gasteiger partial charge < -0.3 is 15.3 Å². The minimum atomic E-state index is -0.330. The van der Waals surface area contributed by atoms with E-state index >= 15 is 0 Å². The van der Waals surface area contributed by atoms with Gasteiger partial charge in [-0.25, -0.2) is 0 Å². The number of amides is 2. The van der Waals surface area contributed by atoms with Crippen molar-refractivity contribution in [2.24, 2.45) is 11.8 Å². The lowest BCUT2D eigenvalue weighted by Gasteiger charge is -2.22. The normalized spacial score (nSPS) is 19.5. The molecule has 1 saturated heterocycles. The largest absolute Gasteiger partial charge is 0.394 e. The predicted octanol–water partition coefficient (Wildman–Crippen LogP) is 1.17. The maximum Gasteiger partial charge on any atom is 0.225 e. The number of rotatable bonds is 6.